The van der Waals surface area contributed by atoms with Crippen LogP contribution in [0.15, 0.2) is 4.42 Å². The Kier molecular flexibility index (Phi) is 4.34. The molecule has 1 saturated carbocycles. The topological polar surface area (TPSA) is 72.6 Å². The van der Waals surface area contributed by atoms with E-state index < -0.39 is 5.54 Å². The highest BCUT2D eigenvalue weighted by molar-refractivity contribution is 5.96. The quantitative estimate of drug-likeness (QED) is 0.799. The Labute approximate surface area is 124 Å². The van der Waals surface area contributed by atoms with Crippen molar-refractivity contribution in [3.05, 3.63) is 17.3 Å². The molecule has 1 aliphatic rings. The molecule has 0 aromatic carbocycles. The molecule has 6 heteroatoms. The number of likely N-dealkylation sites (N-methyl/N-ethyl adjacent to an activating group) is 1. The molecule has 21 heavy (non-hydrogen) atoms. The summed E-state index contributed by atoms with van der Waals surface area (Å²) < 4.78 is 10.3. The number of hydrogen-bond acceptors (Lipinski definition) is 5. The van der Waals surface area contributed by atoms with Gasteiger partial charge in [-0.25, -0.2) is 9.78 Å². The van der Waals surface area contributed by atoms with Gasteiger partial charge in [0.15, 0.2) is 5.89 Å². The average molecular weight is 294 g/mol. The molecule has 6 nitrogen and oxygen atoms in total. The second-order valence-corrected chi connectivity index (χ2v) is 5.60. The van der Waals surface area contributed by atoms with Crippen molar-refractivity contribution in [2.24, 2.45) is 0 Å². The fourth-order valence-corrected chi connectivity index (χ4v) is 3.08. The molecule has 0 saturated heterocycles. The lowest BCUT2D eigenvalue weighted by Gasteiger charge is -2.41. The minimum Gasteiger partial charge on any atom is -0.467 e. The maximum Gasteiger partial charge on any atom is 0.331 e. The van der Waals surface area contributed by atoms with Gasteiger partial charge in [0.1, 0.15) is 5.54 Å². The highest BCUT2D eigenvalue weighted by Gasteiger charge is 2.47. The van der Waals surface area contributed by atoms with Gasteiger partial charge in [0.05, 0.1) is 12.8 Å². The summed E-state index contributed by atoms with van der Waals surface area (Å²) >= 11 is 0. The van der Waals surface area contributed by atoms with E-state index in [0.29, 0.717) is 24.4 Å². The summed E-state index contributed by atoms with van der Waals surface area (Å²) in [6.45, 7) is 3.42. The third-order valence-electron chi connectivity index (χ3n) is 4.29. The lowest BCUT2D eigenvalue weighted by atomic mass is 9.80. The largest absolute Gasteiger partial charge is 0.467 e. The van der Waals surface area contributed by atoms with Gasteiger partial charge in [-0.05, 0) is 19.8 Å². The van der Waals surface area contributed by atoms with E-state index in [-0.39, 0.29) is 17.6 Å². The molecule has 0 N–H and O–H groups in total. The van der Waals surface area contributed by atoms with Crippen molar-refractivity contribution < 1.29 is 18.7 Å². The summed E-state index contributed by atoms with van der Waals surface area (Å²) in [5, 5.41) is 0. The van der Waals surface area contributed by atoms with Crippen molar-refractivity contribution in [3.63, 3.8) is 0 Å². The lowest BCUT2D eigenvalue weighted by molar-refractivity contribution is -0.155. The zero-order valence-corrected chi connectivity index (χ0v) is 13.1. The fourth-order valence-electron chi connectivity index (χ4n) is 3.08. The molecule has 0 radical (unpaired) electrons. The Morgan fingerprint density at radius 2 is 1.86 bits per heavy atom. The number of aromatic nitrogens is 1. The van der Waals surface area contributed by atoms with Gasteiger partial charge in [-0.15, -0.1) is 0 Å². The van der Waals surface area contributed by atoms with Crippen LogP contribution in [0.25, 0.3) is 0 Å². The summed E-state index contributed by atoms with van der Waals surface area (Å²) in [6, 6.07) is 0. The van der Waals surface area contributed by atoms with Crippen LogP contribution in [-0.4, -0.2) is 41.5 Å². The number of hydrogen-bond donors (Lipinski definition) is 0. The molecule has 1 aromatic rings. The number of ether oxygens (including phenoxy) is 1. The molecule has 0 spiro atoms. The predicted molar refractivity (Wildman–Crippen MR) is 75.9 cm³/mol. The molecule has 1 aromatic heterocycles. The van der Waals surface area contributed by atoms with E-state index in [1.807, 2.05) is 0 Å². The van der Waals surface area contributed by atoms with Crippen molar-refractivity contribution in [2.45, 2.75) is 51.5 Å². The van der Waals surface area contributed by atoms with Crippen LogP contribution >= 0.6 is 0 Å². The minimum atomic E-state index is -0.892. The van der Waals surface area contributed by atoms with Crippen molar-refractivity contribution in [1.82, 2.24) is 9.88 Å². The summed E-state index contributed by atoms with van der Waals surface area (Å²) in [5.41, 5.74) is -0.350. The Morgan fingerprint density at radius 1 is 1.24 bits per heavy atom. The molecule has 1 heterocycles. The second-order valence-electron chi connectivity index (χ2n) is 5.60. The SMILES string of the molecule is COC(=O)C1(N(C)C(=O)c2oc(C)nc2C)CCCCC1. The molecule has 0 atom stereocenters. The highest BCUT2D eigenvalue weighted by Crippen LogP contribution is 2.35. The summed E-state index contributed by atoms with van der Waals surface area (Å²) in [5.74, 6) is -0.0313. The van der Waals surface area contributed by atoms with Crippen LogP contribution in [0.4, 0.5) is 0 Å². The Morgan fingerprint density at radius 3 is 2.33 bits per heavy atom. The second kappa shape index (κ2) is 5.87. The number of nitrogens with zero attached hydrogens (tertiary/aromatic N) is 2. The molecule has 1 fully saturated rings. The molecule has 0 aliphatic heterocycles. The van der Waals surface area contributed by atoms with E-state index in [0.717, 1.165) is 19.3 Å². The van der Waals surface area contributed by atoms with E-state index in [4.69, 9.17) is 9.15 Å². The first-order valence-electron chi connectivity index (χ1n) is 7.23. The fraction of sp³-hybridized carbons (Fsp3) is 0.667. The van der Waals surface area contributed by atoms with Crippen LogP contribution in [0.2, 0.25) is 0 Å². The number of aryl methyl sites for hydroxylation is 2. The average Bonchev–Trinajstić information content (AvgIpc) is 2.84. The summed E-state index contributed by atoms with van der Waals surface area (Å²) in [7, 11) is 3.00. The van der Waals surface area contributed by atoms with Crippen molar-refractivity contribution >= 4 is 11.9 Å². The van der Waals surface area contributed by atoms with Crippen molar-refractivity contribution in [3.8, 4) is 0 Å². The lowest BCUT2D eigenvalue weighted by Crippen LogP contribution is -2.56. The van der Waals surface area contributed by atoms with Crippen LogP contribution in [-0.2, 0) is 9.53 Å². The van der Waals surface area contributed by atoms with Crippen LogP contribution in [0, 0.1) is 13.8 Å². The number of methoxy groups -OCH3 is 1. The van der Waals surface area contributed by atoms with E-state index in [1.165, 1.54) is 12.0 Å². The molecule has 1 amide bonds. The van der Waals surface area contributed by atoms with Gasteiger partial charge in [-0.1, -0.05) is 19.3 Å². The van der Waals surface area contributed by atoms with Gasteiger partial charge in [0.2, 0.25) is 5.76 Å². The van der Waals surface area contributed by atoms with Crippen molar-refractivity contribution in [1.29, 1.82) is 0 Å². The number of rotatable bonds is 3. The van der Waals surface area contributed by atoms with Gasteiger partial charge in [0, 0.05) is 14.0 Å². The van der Waals surface area contributed by atoms with E-state index in [9.17, 15) is 9.59 Å². The van der Waals surface area contributed by atoms with Gasteiger partial charge >= 0.3 is 5.97 Å². The Balaban J connectivity index is 2.34. The Hall–Kier alpha value is -1.85. The normalized spacial score (nSPS) is 17.3. The number of oxazole rings is 1. The van der Waals surface area contributed by atoms with Crippen molar-refractivity contribution in [2.75, 3.05) is 14.2 Å². The minimum absolute atomic E-state index is 0.198. The third kappa shape index (κ3) is 2.66. The van der Waals surface area contributed by atoms with Crippen LogP contribution in [0.1, 0.15) is 54.2 Å². The maximum atomic E-state index is 12.7. The van der Waals surface area contributed by atoms with Crippen LogP contribution in [0.3, 0.4) is 0 Å². The molecule has 1 aliphatic carbocycles. The van der Waals surface area contributed by atoms with Gasteiger partial charge in [-0.2, -0.15) is 0 Å². The molecular formula is C15H22N2O4. The molecule has 116 valence electrons. The maximum absolute atomic E-state index is 12.7. The monoisotopic (exact) mass is 294 g/mol. The first-order valence-corrected chi connectivity index (χ1v) is 7.23. The van der Waals surface area contributed by atoms with Crippen LogP contribution in [0.5, 0.6) is 0 Å². The molecule has 0 bridgehead atoms. The summed E-state index contributed by atoms with van der Waals surface area (Å²) in [4.78, 5) is 30.6. The first-order chi connectivity index (χ1) is 9.92. The number of esters is 1. The first kappa shape index (κ1) is 15.5. The third-order valence-corrected chi connectivity index (χ3v) is 4.29. The molecule has 2 rings (SSSR count). The molecule has 0 unspecified atom stereocenters. The summed E-state index contributed by atoms with van der Waals surface area (Å²) in [6.07, 6.45) is 4.12. The van der Waals surface area contributed by atoms with Gasteiger partial charge in [0.25, 0.3) is 5.91 Å². The smallest absolute Gasteiger partial charge is 0.331 e. The number of carbonyl (C=O) groups is 2. The number of amides is 1. The van der Waals surface area contributed by atoms with E-state index in [2.05, 4.69) is 4.98 Å². The molecular weight excluding hydrogens is 272 g/mol. The Bertz CT molecular complexity index is 544. The van der Waals surface area contributed by atoms with Crippen LogP contribution < -0.4 is 0 Å². The van der Waals surface area contributed by atoms with E-state index in [1.54, 1.807) is 20.9 Å². The zero-order valence-electron chi connectivity index (χ0n) is 13.1. The zero-order chi connectivity index (χ0) is 15.6. The predicted octanol–water partition coefficient (Wildman–Crippen LogP) is 2.24. The standard InChI is InChI=1S/C15H22N2O4/c1-10-12(21-11(2)16-10)13(18)17(3)15(14(19)20-4)8-6-5-7-9-15/h5-9H2,1-4H3. The van der Waals surface area contributed by atoms with Gasteiger partial charge in [-0.3, -0.25) is 4.79 Å². The van der Waals surface area contributed by atoms with E-state index >= 15 is 0 Å². The van der Waals surface area contributed by atoms with Gasteiger partial charge < -0.3 is 14.1 Å². The highest BCUT2D eigenvalue weighted by atomic mass is 16.5. The number of carbonyl (C=O) groups excluding carboxylic acids is 2.